The van der Waals surface area contributed by atoms with E-state index in [1.54, 1.807) is 13.2 Å². The minimum absolute atomic E-state index is 0.265. The van der Waals surface area contributed by atoms with Crippen LogP contribution in [0, 0.1) is 0 Å². The summed E-state index contributed by atoms with van der Waals surface area (Å²) in [7, 11) is 1.60. The van der Waals surface area contributed by atoms with E-state index in [-0.39, 0.29) is 11.6 Å². The Balaban J connectivity index is 1.61. The van der Waals surface area contributed by atoms with Crippen LogP contribution >= 0.6 is 0 Å². The Bertz CT molecular complexity index is 665. The number of carbonyl (C=O) groups is 1. The number of para-hydroxylation sites is 1. The van der Waals surface area contributed by atoms with Crippen molar-refractivity contribution in [2.75, 3.05) is 38.3 Å². The molecule has 0 spiro atoms. The van der Waals surface area contributed by atoms with E-state index in [9.17, 15) is 4.79 Å². The standard InChI is InChI=1S/C16H19N3O4/c1-21-14-5-3-2-4-12(14)11-17-16(20)13-10-15(23-18-13)19-6-8-22-9-7-19/h2-5,10H,6-9,11H2,1H3,(H,17,20). The number of benzene rings is 1. The molecule has 0 atom stereocenters. The van der Waals surface area contributed by atoms with Crippen molar-refractivity contribution in [3.05, 3.63) is 41.6 Å². The van der Waals surface area contributed by atoms with Gasteiger partial charge in [0.15, 0.2) is 5.69 Å². The molecule has 7 heteroatoms. The molecular weight excluding hydrogens is 298 g/mol. The third-order valence-electron chi connectivity index (χ3n) is 3.69. The van der Waals surface area contributed by atoms with Gasteiger partial charge in [-0.05, 0) is 6.07 Å². The Morgan fingerprint density at radius 3 is 2.91 bits per heavy atom. The lowest BCUT2D eigenvalue weighted by molar-refractivity contribution is 0.0941. The number of methoxy groups -OCH3 is 1. The van der Waals surface area contributed by atoms with Crippen LogP contribution in [0.4, 0.5) is 5.88 Å². The summed E-state index contributed by atoms with van der Waals surface area (Å²) < 4.78 is 15.8. The molecule has 1 aromatic heterocycles. The maximum absolute atomic E-state index is 12.2. The van der Waals surface area contributed by atoms with Gasteiger partial charge in [0.05, 0.1) is 20.3 Å². The van der Waals surface area contributed by atoms with Gasteiger partial charge in [-0.1, -0.05) is 23.4 Å². The van der Waals surface area contributed by atoms with Gasteiger partial charge >= 0.3 is 0 Å². The van der Waals surface area contributed by atoms with Crippen LogP contribution in [0.2, 0.25) is 0 Å². The van der Waals surface area contributed by atoms with Crippen LogP contribution in [-0.4, -0.2) is 44.5 Å². The normalized spacial score (nSPS) is 14.6. The summed E-state index contributed by atoms with van der Waals surface area (Å²) in [5.41, 5.74) is 1.17. The van der Waals surface area contributed by atoms with E-state index in [0.717, 1.165) is 24.4 Å². The second-order valence-corrected chi connectivity index (χ2v) is 5.14. The molecule has 2 aromatic rings. The van der Waals surface area contributed by atoms with Crippen molar-refractivity contribution in [1.29, 1.82) is 0 Å². The third kappa shape index (κ3) is 3.62. The van der Waals surface area contributed by atoms with Gasteiger partial charge in [-0.3, -0.25) is 4.79 Å². The second kappa shape index (κ2) is 7.15. The molecule has 7 nitrogen and oxygen atoms in total. The first kappa shape index (κ1) is 15.4. The maximum Gasteiger partial charge on any atom is 0.273 e. The fourth-order valence-electron chi connectivity index (χ4n) is 2.42. The molecule has 1 fully saturated rings. The van der Waals surface area contributed by atoms with Gasteiger partial charge in [0.1, 0.15) is 5.75 Å². The summed E-state index contributed by atoms with van der Waals surface area (Å²) in [6, 6.07) is 9.20. The number of nitrogens with one attached hydrogen (secondary N) is 1. The highest BCUT2D eigenvalue weighted by molar-refractivity contribution is 5.92. The van der Waals surface area contributed by atoms with Crippen LogP contribution in [0.1, 0.15) is 16.1 Å². The number of hydrogen-bond acceptors (Lipinski definition) is 6. The molecule has 1 saturated heterocycles. The highest BCUT2D eigenvalue weighted by atomic mass is 16.5. The summed E-state index contributed by atoms with van der Waals surface area (Å²) in [4.78, 5) is 14.2. The average molecular weight is 317 g/mol. The number of rotatable bonds is 5. The summed E-state index contributed by atoms with van der Waals surface area (Å²) in [6.07, 6.45) is 0. The van der Waals surface area contributed by atoms with E-state index in [2.05, 4.69) is 10.5 Å². The molecule has 122 valence electrons. The molecule has 23 heavy (non-hydrogen) atoms. The molecule has 1 aromatic carbocycles. The van der Waals surface area contributed by atoms with Crippen LogP contribution in [-0.2, 0) is 11.3 Å². The van der Waals surface area contributed by atoms with E-state index in [1.807, 2.05) is 29.2 Å². The van der Waals surface area contributed by atoms with Crippen LogP contribution in [0.3, 0.4) is 0 Å². The van der Waals surface area contributed by atoms with Gasteiger partial charge in [0.25, 0.3) is 5.91 Å². The third-order valence-corrected chi connectivity index (χ3v) is 3.69. The van der Waals surface area contributed by atoms with Gasteiger partial charge in [0, 0.05) is 31.3 Å². The Hall–Kier alpha value is -2.54. The summed E-state index contributed by atoms with van der Waals surface area (Å²) in [5.74, 6) is 1.05. The first-order valence-electron chi connectivity index (χ1n) is 7.47. The van der Waals surface area contributed by atoms with E-state index in [4.69, 9.17) is 14.0 Å². The molecule has 0 bridgehead atoms. The van der Waals surface area contributed by atoms with Crippen LogP contribution < -0.4 is 15.0 Å². The Kier molecular flexibility index (Phi) is 4.77. The molecule has 0 aliphatic carbocycles. The van der Waals surface area contributed by atoms with Crippen LogP contribution in [0.15, 0.2) is 34.9 Å². The number of amides is 1. The highest BCUT2D eigenvalue weighted by Gasteiger charge is 2.19. The molecule has 0 unspecified atom stereocenters. The molecule has 0 radical (unpaired) electrons. The van der Waals surface area contributed by atoms with Crippen molar-refractivity contribution >= 4 is 11.8 Å². The first-order valence-corrected chi connectivity index (χ1v) is 7.47. The van der Waals surface area contributed by atoms with Crippen molar-refractivity contribution in [2.24, 2.45) is 0 Å². The van der Waals surface area contributed by atoms with Gasteiger partial charge in [0.2, 0.25) is 5.88 Å². The van der Waals surface area contributed by atoms with Gasteiger partial charge in [-0.2, -0.15) is 0 Å². The molecule has 1 aliphatic rings. The van der Waals surface area contributed by atoms with Crippen molar-refractivity contribution in [1.82, 2.24) is 10.5 Å². The van der Waals surface area contributed by atoms with Crippen LogP contribution in [0.5, 0.6) is 5.75 Å². The molecular formula is C16H19N3O4. The number of ether oxygens (including phenoxy) is 2. The summed E-state index contributed by atoms with van der Waals surface area (Å²) >= 11 is 0. The lowest BCUT2D eigenvalue weighted by Crippen LogP contribution is -2.35. The molecule has 3 rings (SSSR count). The topological polar surface area (TPSA) is 76.8 Å². The minimum atomic E-state index is -0.279. The number of carbonyl (C=O) groups excluding carboxylic acids is 1. The van der Waals surface area contributed by atoms with Crippen molar-refractivity contribution in [3.8, 4) is 5.75 Å². The lowest BCUT2D eigenvalue weighted by Gasteiger charge is -2.25. The zero-order chi connectivity index (χ0) is 16.1. The maximum atomic E-state index is 12.2. The SMILES string of the molecule is COc1ccccc1CNC(=O)c1cc(N2CCOCC2)on1. The minimum Gasteiger partial charge on any atom is -0.496 e. The van der Waals surface area contributed by atoms with Gasteiger partial charge in [-0.15, -0.1) is 0 Å². The van der Waals surface area contributed by atoms with Gasteiger partial charge < -0.3 is 24.2 Å². The fourth-order valence-corrected chi connectivity index (χ4v) is 2.42. The molecule has 2 heterocycles. The average Bonchev–Trinajstić information content (AvgIpc) is 3.11. The van der Waals surface area contributed by atoms with Crippen molar-refractivity contribution in [3.63, 3.8) is 0 Å². The van der Waals surface area contributed by atoms with Crippen LogP contribution in [0.25, 0.3) is 0 Å². The van der Waals surface area contributed by atoms with Crippen molar-refractivity contribution in [2.45, 2.75) is 6.54 Å². The molecule has 0 saturated carbocycles. The highest BCUT2D eigenvalue weighted by Crippen LogP contribution is 2.19. The molecule has 1 aliphatic heterocycles. The Labute approximate surface area is 134 Å². The van der Waals surface area contributed by atoms with Crippen molar-refractivity contribution < 1.29 is 18.8 Å². The first-order chi connectivity index (χ1) is 11.3. The quantitative estimate of drug-likeness (QED) is 0.899. The fraction of sp³-hybridized carbons (Fsp3) is 0.375. The predicted molar refractivity (Wildman–Crippen MR) is 83.7 cm³/mol. The smallest absolute Gasteiger partial charge is 0.273 e. The number of nitrogens with zero attached hydrogens (tertiary/aromatic N) is 2. The van der Waals surface area contributed by atoms with E-state index >= 15 is 0 Å². The van der Waals surface area contributed by atoms with Gasteiger partial charge in [-0.25, -0.2) is 0 Å². The lowest BCUT2D eigenvalue weighted by atomic mass is 10.2. The number of morpholine rings is 1. The monoisotopic (exact) mass is 317 g/mol. The van der Waals surface area contributed by atoms with E-state index < -0.39 is 0 Å². The van der Waals surface area contributed by atoms with E-state index in [0.29, 0.717) is 25.6 Å². The number of anilines is 1. The Morgan fingerprint density at radius 2 is 2.13 bits per heavy atom. The molecule has 1 N–H and O–H groups in total. The number of aromatic nitrogens is 1. The zero-order valence-corrected chi connectivity index (χ0v) is 12.9. The molecule has 1 amide bonds. The summed E-state index contributed by atoms with van der Waals surface area (Å²) in [6.45, 7) is 3.13. The number of hydrogen-bond donors (Lipinski definition) is 1. The largest absolute Gasteiger partial charge is 0.496 e. The zero-order valence-electron chi connectivity index (χ0n) is 12.9. The second-order valence-electron chi connectivity index (χ2n) is 5.14. The van der Waals surface area contributed by atoms with E-state index in [1.165, 1.54) is 0 Å². The Morgan fingerprint density at radius 1 is 1.35 bits per heavy atom. The predicted octanol–water partition coefficient (Wildman–Crippen LogP) is 1.45. The summed E-state index contributed by atoms with van der Waals surface area (Å²) in [5, 5.41) is 6.67.